The third kappa shape index (κ3) is 2.43. The van der Waals surface area contributed by atoms with Gasteiger partial charge in [-0.25, -0.2) is 4.39 Å². The molecule has 94 valence electrons. The number of benzene rings is 1. The summed E-state index contributed by atoms with van der Waals surface area (Å²) in [6.07, 6.45) is 1.42. The van der Waals surface area contributed by atoms with E-state index in [1.54, 1.807) is 0 Å². The monoisotopic (exact) mass is 268 g/mol. The molecule has 0 fully saturated rings. The molecule has 0 aliphatic rings. The quantitative estimate of drug-likeness (QED) is 0.882. The lowest BCUT2D eigenvalue weighted by atomic mass is 10.2. The van der Waals surface area contributed by atoms with Crippen LogP contribution in [0.15, 0.2) is 24.4 Å². The average Bonchev–Trinajstić information content (AvgIpc) is 2.65. The summed E-state index contributed by atoms with van der Waals surface area (Å²) in [5.41, 5.74) is 11.1. The van der Waals surface area contributed by atoms with Crippen molar-refractivity contribution in [3.8, 4) is 0 Å². The van der Waals surface area contributed by atoms with Gasteiger partial charge in [-0.15, -0.1) is 0 Å². The number of hydrogen-bond acceptors (Lipinski definition) is 3. The van der Waals surface area contributed by atoms with Crippen molar-refractivity contribution in [3.63, 3.8) is 0 Å². The number of nitrogen functional groups attached to an aromatic ring is 1. The van der Waals surface area contributed by atoms with Crippen LogP contribution in [-0.4, -0.2) is 15.7 Å². The molecule has 1 aromatic carbocycles. The van der Waals surface area contributed by atoms with Crippen LogP contribution in [0.4, 0.5) is 10.1 Å². The third-order valence-corrected chi connectivity index (χ3v) is 2.60. The summed E-state index contributed by atoms with van der Waals surface area (Å²) in [6.45, 7) is 0.115. The highest BCUT2D eigenvalue weighted by molar-refractivity contribution is 6.30. The van der Waals surface area contributed by atoms with Crippen LogP contribution in [0.5, 0.6) is 0 Å². The fraction of sp³-hybridized carbons (Fsp3) is 0.0909. The summed E-state index contributed by atoms with van der Waals surface area (Å²) in [7, 11) is 0. The summed E-state index contributed by atoms with van der Waals surface area (Å²) in [5.74, 6) is -1.13. The van der Waals surface area contributed by atoms with Gasteiger partial charge in [0.25, 0.3) is 5.91 Å². The minimum Gasteiger partial charge on any atom is -0.396 e. The molecule has 1 aromatic heterocycles. The van der Waals surface area contributed by atoms with Gasteiger partial charge in [-0.3, -0.25) is 9.48 Å². The van der Waals surface area contributed by atoms with Crippen molar-refractivity contribution in [2.45, 2.75) is 6.54 Å². The van der Waals surface area contributed by atoms with E-state index < -0.39 is 11.7 Å². The van der Waals surface area contributed by atoms with Crippen LogP contribution in [0.1, 0.15) is 16.1 Å². The Morgan fingerprint density at radius 2 is 2.22 bits per heavy atom. The van der Waals surface area contributed by atoms with Gasteiger partial charge in [-0.1, -0.05) is 11.6 Å². The van der Waals surface area contributed by atoms with Crippen LogP contribution >= 0.6 is 11.6 Å². The molecule has 1 amide bonds. The first-order valence-corrected chi connectivity index (χ1v) is 5.42. The highest BCUT2D eigenvalue weighted by Gasteiger charge is 2.12. The smallest absolute Gasteiger partial charge is 0.271 e. The highest BCUT2D eigenvalue weighted by atomic mass is 35.5. The second-order valence-electron chi connectivity index (χ2n) is 3.73. The van der Waals surface area contributed by atoms with E-state index in [1.807, 2.05) is 0 Å². The Balaban J connectivity index is 2.31. The third-order valence-electron chi connectivity index (χ3n) is 2.36. The van der Waals surface area contributed by atoms with Crippen molar-refractivity contribution in [1.29, 1.82) is 0 Å². The lowest BCUT2D eigenvalue weighted by Crippen LogP contribution is -2.14. The lowest BCUT2D eigenvalue weighted by Gasteiger charge is -2.03. The number of nitrogens with zero attached hydrogens (tertiary/aromatic N) is 2. The molecule has 18 heavy (non-hydrogen) atoms. The maximum absolute atomic E-state index is 13.5. The van der Waals surface area contributed by atoms with Gasteiger partial charge in [0.05, 0.1) is 12.2 Å². The van der Waals surface area contributed by atoms with Gasteiger partial charge in [0.1, 0.15) is 5.82 Å². The fourth-order valence-electron chi connectivity index (χ4n) is 1.55. The Labute approximate surface area is 107 Å². The van der Waals surface area contributed by atoms with E-state index in [9.17, 15) is 9.18 Å². The van der Waals surface area contributed by atoms with Crippen LogP contribution < -0.4 is 11.5 Å². The van der Waals surface area contributed by atoms with Crippen molar-refractivity contribution >= 4 is 23.2 Å². The number of primary amides is 1. The Bertz CT molecular complexity index is 611. The maximum atomic E-state index is 13.5. The normalized spacial score (nSPS) is 10.6. The van der Waals surface area contributed by atoms with Gasteiger partial charge in [0.15, 0.2) is 5.69 Å². The number of rotatable bonds is 3. The molecule has 0 radical (unpaired) electrons. The molecular formula is C11H10ClFN4O. The van der Waals surface area contributed by atoms with Crippen LogP contribution in [0.2, 0.25) is 5.02 Å². The number of nitrogens with two attached hydrogens (primary N) is 2. The van der Waals surface area contributed by atoms with Crippen molar-refractivity contribution in [2.24, 2.45) is 5.73 Å². The molecule has 0 atom stereocenters. The molecule has 4 N–H and O–H groups in total. The summed E-state index contributed by atoms with van der Waals surface area (Å²) in [4.78, 5) is 11.0. The number of carbonyl (C=O) groups is 1. The van der Waals surface area contributed by atoms with Gasteiger partial charge >= 0.3 is 0 Å². The number of anilines is 1. The second kappa shape index (κ2) is 4.66. The average molecular weight is 269 g/mol. The highest BCUT2D eigenvalue weighted by Crippen LogP contribution is 2.17. The molecule has 2 rings (SSSR count). The van der Waals surface area contributed by atoms with E-state index in [0.29, 0.717) is 10.6 Å². The molecule has 7 heteroatoms. The maximum Gasteiger partial charge on any atom is 0.271 e. The van der Waals surface area contributed by atoms with Crippen LogP contribution in [0.3, 0.4) is 0 Å². The van der Waals surface area contributed by atoms with E-state index in [1.165, 1.54) is 29.1 Å². The number of halogens is 2. The largest absolute Gasteiger partial charge is 0.396 e. The molecule has 0 aliphatic carbocycles. The van der Waals surface area contributed by atoms with Crippen molar-refractivity contribution < 1.29 is 9.18 Å². The summed E-state index contributed by atoms with van der Waals surface area (Å²) in [6, 6.07) is 4.20. The topological polar surface area (TPSA) is 86.9 Å². The first-order valence-electron chi connectivity index (χ1n) is 5.04. The molecule has 1 heterocycles. The molecule has 5 nitrogen and oxygen atoms in total. The summed E-state index contributed by atoms with van der Waals surface area (Å²) >= 11 is 5.77. The predicted octanol–water partition coefficient (Wildman–Crippen LogP) is 1.40. The Hall–Kier alpha value is -2.08. The molecule has 0 aliphatic heterocycles. The summed E-state index contributed by atoms with van der Waals surface area (Å²) < 4.78 is 14.8. The lowest BCUT2D eigenvalue weighted by molar-refractivity contribution is 0.0995. The molecular weight excluding hydrogens is 259 g/mol. The zero-order valence-electron chi connectivity index (χ0n) is 9.23. The van der Waals surface area contributed by atoms with Crippen LogP contribution in [0, 0.1) is 5.82 Å². The zero-order chi connectivity index (χ0) is 13.3. The van der Waals surface area contributed by atoms with Gasteiger partial charge in [-0.2, -0.15) is 5.10 Å². The van der Waals surface area contributed by atoms with Gasteiger partial charge in [-0.05, 0) is 18.2 Å². The first-order chi connectivity index (χ1) is 8.47. The molecule has 0 saturated heterocycles. The molecule has 0 spiro atoms. The van der Waals surface area contributed by atoms with E-state index in [4.69, 9.17) is 23.1 Å². The van der Waals surface area contributed by atoms with Crippen LogP contribution in [0.25, 0.3) is 0 Å². The van der Waals surface area contributed by atoms with Crippen LogP contribution in [-0.2, 0) is 6.54 Å². The predicted molar refractivity (Wildman–Crippen MR) is 65.7 cm³/mol. The second-order valence-corrected chi connectivity index (χ2v) is 4.17. The minimum absolute atomic E-state index is 0.0302. The first kappa shape index (κ1) is 12.4. The van der Waals surface area contributed by atoms with E-state index in [2.05, 4.69) is 5.10 Å². The van der Waals surface area contributed by atoms with Crippen molar-refractivity contribution in [3.05, 3.63) is 46.5 Å². The van der Waals surface area contributed by atoms with E-state index in [-0.39, 0.29) is 17.9 Å². The Morgan fingerprint density at radius 3 is 2.83 bits per heavy atom. The standard InChI is InChI=1S/C11H10ClFN4O/c12-7-1-2-8(13)6(3-7)4-17-5-9(14)10(16-17)11(15)18/h1-3,5H,4,14H2,(H2,15,18). The van der Waals surface area contributed by atoms with E-state index in [0.717, 1.165) is 0 Å². The Kier molecular flexibility index (Phi) is 3.20. The molecule has 0 saturated carbocycles. The number of hydrogen-bond donors (Lipinski definition) is 2. The van der Waals surface area contributed by atoms with Gasteiger partial charge in [0.2, 0.25) is 0 Å². The zero-order valence-corrected chi connectivity index (χ0v) is 9.99. The molecule has 0 unspecified atom stereocenters. The van der Waals surface area contributed by atoms with Gasteiger partial charge in [0, 0.05) is 16.8 Å². The molecule has 2 aromatic rings. The van der Waals surface area contributed by atoms with E-state index >= 15 is 0 Å². The fourth-order valence-corrected chi connectivity index (χ4v) is 1.74. The van der Waals surface area contributed by atoms with Crippen molar-refractivity contribution in [1.82, 2.24) is 9.78 Å². The SMILES string of the molecule is NC(=O)c1nn(Cc2cc(Cl)ccc2F)cc1N. The summed E-state index contributed by atoms with van der Waals surface area (Å²) in [5, 5.41) is 4.30. The number of amides is 1. The minimum atomic E-state index is -0.724. The van der Waals surface area contributed by atoms with Gasteiger partial charge < -0.3 is 11.5 Å². The number of carbonyl (C=O) groups excluding carboxylic acids is 1. The Morgan fingerprint density at radius 1 is 1.50 bits per heavy atom. The number of aromatic nitrogens is 2. The molecule has 0 bridgehead atoms. The van der Waals surface area contributed by atoms with Crippen molar-refractivity contribution in [2.75, 3.05) is 5.73 Å².